The number of ether oxygens (including phenoxy) is 1. The maximum absolute atomic E-state index is 12.0. The Hall–Kier alpha value is -1.52. The fourth-order valence-electron chi connectivity index (χ4n) is 0.862. The summed E-state index contributed by atoms with van der Waals surface area (Å²) in [4.78, 5) is 14.4. The standard InChI is InChI=1S/C8H7F2NO2/c1-13-6-2-3-11-4-5(6)7(12)8(9)10/h2-4,8H,1H3. The number of nitrogens with zero attached hydrogens (tertiary/aromatic N) is 1. The van der Waals surface area contributed by atoms with E-state index in [2.05, 4.69) is 4.98 Å². The van der Waals surface area contributed by atoms with Crippen LogP contribution in [-0.4, -0.2) is 24.3 Å². The Labute approximate surface area is 73.4 Å². The normalized spacial score (nSPS) is 10.2. The van der Waals surface area contributed by atoms with Crippen molar-refractivity contribution in [2.45, 2.75) is 6.43 Å². The first-order chi connectivity index (χ1) is 6.16. The van der Waals surface area contributed by atoms with E-state index in [0.717, 1.165) is 6.20 Å². The predicted molar refractivity (Wildman–Crippen MR) is 41.1 cm³/mol. The largest absolute Gasteiger partial charge is 0.496 e. The monoisotopic (exact) mass is 187 g/mol. The molecule has 0 aliphatic heterocycles. The quantitative estimate of drug-likeness (QED) is 0.673. The summed E-state index contributed by atoms with van der Waals surface area (Å²) in [6.07, 6.45) is -0.605. The summed E-state index contributed by atoms with van der Waals surface area (Å²) in [6.45, 7) is 0. The first-order valence-corrected chi connectivity index (χ1v) is 3.47. The van der Waals surface area contributed by atoms with Crippen LogP contribution in [0.1, 0.15) is 10.4 Å². The molecule has 5 heteroatoms. The van der Waals surface area contributed by atoms with Crippen molar-refractivity contribution in [3.05, 3.63) is 24.0 Å². The lowest BCUT2D eigenvalue weighted by Crippen LogP contribution is -2.11. The third kappa shape index (κ3) is 1.99. The van der Waals surface area contributed by atoms with Gasteiger partial charge in [0.25, 0.3) is 0 Å². The van der Waals surface area contributed by atoms with Gasteiger partial charge in [-0.3, -0.25) is 9.78 Å². The zero-order valence-electron chi connectivity index (χ0n) is 6.83. The van der Waals surface area contributed by atoms with Crippen LogP contribution in [0.3, 0.4) is 0 Å². The summed E-state index contributed by atoms with van der Waals surface area (Å²) in [5.41, 5.74) is -0.194. The maximum Gasteiger partial charge on any atom is 0.300 e. The van der Waals surface area contributed by atoms with Crippen LogP contribution in [0.25, 0.3) is 0 Å². The van der Waals surface area contributed by atoms with Gasteiger partial charge >= 0.3 is 6.43 Å². The van der Waals surface area contributed by atoms with E-state index in [1.54, 1.807) is 0 Å². The first kappa shape index (κ1) is 9.57. The molecule has 3 nitrogen and oxygen atoms in total. The topological polar surface area (TPSA) is 39.2 Å². The van der Waals surface area contributed by atoms with Crippen molar-refractivity contribution in [1.82, 2.24) is 4.98 Å². The van der Waals surface area contributed by atoms with Gasteiger partial charge in [0.15, 0.2) is 0 Å². The van der Waals surface area contributed by atoms with Crippen molar-refractivity contribution in [3.8, 4) is 5.75 Å². The summed E-state index contributed by atoms with van der Waals surface area (Å²) in [7, 11) is 1.30. The van der Waals surface area contributed by atoms with Gasteiger partial charge in [-0.1, -0.05) is 0 Å². The molecule has 13 heavy (non-hydrogen) atoms. The smallest absolute Gasteiger partial charge is 0.300 e. The van der Waals surface area contributed by atoms with Gasteiger partial charge in [-0.15, -0.1) is 0 Å². The minimum atomic E-state index is -3.03. The predicted octanol–water partition coefficient (Wildman–Crippen LogP) is 1.54. The van der Waals surface area contributed by atoms with Gasteiger partial charge in [0.05, 0.1) is 12.7 Å². The highest BCUT2D eigenvalue weighted by atomic mass is 19.3. The van der Waals surface area contributed by atoms with E-state index in [4.69, 9.17) is 4.74 Å². The summed E-state index contributed by atoms with van der Waals surface area (Å²) in [5.74, 6) is -1.16. The third-order valence-corrected chi connectivity index (χ3v) is 1.46. The van der Waals surface area contributed by atoms with Crippen LogP contribution in [0.5, 0.6) is 5.75 Å². The molecular weight excluding hydrogens is 180 g/mol. The number of pyridine rings is 1. The lowest BCUT2D eigenvalue weighted by atomic mass is 10.2. The second-order valence-electron chi connectivity index (χ2n) is 2.24. The van der Waals surface area contributed by atoms with Crippen molar-refractivity contribution < 1.29 is 18.3 Å². The summed E-state index contributed by atoms with van der Waals surface area (Å²) in [6, 6.07) is 1.36. The Bertz CT molecular complexity index is 315. The van der Waals surface area contributed by atoms with Crippen molar-refractivity contribution in [2.75, 3.05) is 7.11 Å². The molecule has 0 saturated carbocycles. The number of hydrogen-bond acceptors (Lipinski definition) is 3. The van der Waals surface area contributed by atoms with Gasteiger partial charge in [-0.25, -0.2) is 8.78 Å². The molecule has 1 heterocycles. The average Bonchev–Trinajstić information content (AvgIpc) is 2.16. The Balaban J connectivity index is 3.06. The van der Waals surface area contributed by atoms with E-state index in [1.165, 1.54) is 19.4 Å². The molecule has 0 amide bonds. The molecule has 0 aliphatic rings. The lowest BCUT2D eigenvalue weighted by Gasteiger charge is -2.04. The van der Waals surface area contributed by atoms with E-state index >= 15 is 0 Å². The van der Waals surface area contributed by atoms with Crippen LogP contribution in [0.15, 0.2) is 18.5 Å². The summed E-state index contributed by atoms with van der Waals surface area (Å²) in [5, 5.41) is 0. The molecule has 1 aromatic heterocycles. The molecule has 0 aromatic carbocycles. The van der Waals surface area contributed by atoms with Crippen LogP contribution >= 0.6 is 0 Å². The Kier molecular flexibility index (Phi) is 2.89. The van der Waals surface area contributed by atoms with Crippen molar-refractivity contribution in [1.29, 1.82) is 0 Å². The number of methoxy groups -OCH3 is 1. The minimum Gasteiger partial charge on any atom is -0.496 e. The number of rotatable bonds is 3. The number of carbonyl (C=O) groups excluding carboxylic acids is 1. The van der Waals surface area contributed by atoms with E-state index < -0.39 is 12.2 Å². The van der Waals surface area contributed by atoms with Crippen molar-refractivity contribution >= 4 is 5.78 Å². The maximum atomic E-state index is 12.0. The van der Waals surface area contributed by atoms with Gasteiger partial charge in [0, 0.05) is 12.4 Å². The van der Waals surface area contributed by atoms with Crippen LogP contribution in [0, 0.1) is 0 Å². The molecule has 0 fully saturated rings. The van der Waals surface area contributed by atoms with E-state index in [-0.39, 0.29) is 11.3 Å². The molecule has 0 saturated heterocycles. The van der Waals surface area contributed by atoms with Gasteiger partial charge in [0.1, 0.15) is 5.75 Å². The van der Waals surface area contributed by atoms with E-state index in [0.29, 0.717) is 0 Å². The fourth-order valence-corrected chi connectivity index (χ4v) is 0.862. The van der Waals surface area contributed by atoms with Crippen molar-refractivity contribution in [3.63, 3.8) is 0 Å². The Morgan fingerprint density at radius 3 is 2.85 bits per heavy atom. The fraction of sp³-hybridized carbons (Fsp3) is 0.250. The molecule has 0 radical (unpaired) electrons. The third-order valence-electron chi connectivity index (χ3n) is 1.46. The van der Waals surface area contributed by atoms with E-state index in [1.807, 2.05) is 0 Å². The number of alkyl halides is 2. The second kappa shape index (κ2) is 3.93. The molecule has 0 bridgehead atoms. The average molecular weight is 187 g/mol. The summed E-state index contributed by atoms with van der Waals surface area (Å²) >= 11 is 0. The minimum absolute atomic E-state index is 0.111. The van der Waals surface area contributed by atoms with Crippen LogP contribution in [0.4, 0.5) is 8.78 Å². The molecule has 0 spiro atoms. The Morgan fingerprint density at radius 2 is 2.31 bits per heavy atom. The number of aromatic nitrogens is 1. The van der Waals surface area contributed by atoms with Gasteiger partial charge in [-0.05, 0) is 6.07 Å². The highest BCUT2D eigenvalue weighted by molar-refractivity contribution is 6.00. The molecule has 1 aromatic rings. The van der Waals surface area contributed by atoms with Crippen LogP contribution in [-0.2, 0) is 0 Å². The second-order valence-corrected chi connectivity index (χ2v) is 2.24. The van der Waals surface area contributed by atoms with Crippen LogP contribution < -0.4 is 4.74 Å². The number of hydrogen-bond donors (Lipinski definition) is 0. The van der Waals surface area contributed by atoms with Crippen molar-refractivity contribution in [2.24, 2.45) is 0 Å². The molecule has 0 unspecified atom stereocenters. The van der Waals surface area contributed by atoms with Crippen LogP contribution in [0.2, 0.25) is 0 Å². The lowest BCUT2D eigenvalue weighted by molar-refractivity contribution is 0.0675. The number of carbonyl (C=O) groups is 1. The van der Waals surface area contributed by atoms with E-state index in [9.17, 15) is 13.6 Å². The SMILES string of the molecule is COc1ccncc1C(=O)C(F)F. The molecule has 0 N–H and O–H groups in total. The van der Waals surface area contributed by atoms with Gasteiger partial charge in [-0.2, -0.15) is 0 Å². The highest BCUT2D eigenvalue weighted by Crippen LogP contribution is 2.18. The zero-order chi connectivity index (χ0) is 9.84. The Morgan fingerprint density at radius 1 is 1.62 bits per heavy atom. The molecule has 0 atom stereocenters. The number of ketones is 1. The molecule has 1 rings (SSSR count). The molecule has 70 valence electrons. The number of halogens is 2. The summed E-state index contributed by atoms with van der Waals surface area (Å²) < 4.78 is 28.7. The number of Topliss-reactive ketones (excluding diaryl/α,β-unsaturated/α-hetero) is 1. The first-order valence-electron chi connectivity index (χ1n) is 3.47. The zero-order valence-corrected chi connectivity index (χ0v) is 6.83. The van der Waals surface area contributed by atoms with Gasteiger partial charge in [0.2, 0.25) is 5.78 Å². The van der Waals surface area contributed by atoms with Gasteiger partial charge < -0.3 is 4.74 Å². The molecular formula is C8H7F2NO2. The highest BCUT2D eigenvalue weighted by Gasteiger charge is 2.21. The molecule has 0 aliphatic carbocycles.